The fourth-order valence-corrected chi connectivity index (χ4v) is 2.61. The summed E-state index contributed by atoms with van der Waals surface area (Å²) < 4.78 is 53.0. The molecule has 1 unspecified atom stereocenters. The summed E-state index contributed by atoms with van der Waals surface area (Å²) in [7, 11) is 0. The number of aliphatic hydroxyl groups is 1. The Kier molecular flexibility index (Phi) is 4.82. The van der Waals surface area contributed by atoms with Crippen molar-refractivity contribution in [2.45, 2.75) is 31.7 Å². The van der Waals surface area contributed by atoms with Crippen molar-refractivity contribution in [3.8, 4) is 0 Å². The van der Waals surface area contributed by atoms with Gasteiger partial charge in [-0.15, -0.1) is 0 Å². The Balaban J connectivity index is 2.27. The molecule has 0 radical (unpaired) electrons. The number of carbonyl (C=O) groups excluding carboxylic acids is 1. The zero-order valence-corrected chi connectivity index (χ0v) is 11.2. The second-order valence-corrected chi connectivity index (χ2v) is 5.01. The average Bonchev–Trinajstić information content (AvgIpc) is 2.94. The van der Waals surface area contributed by atoms with Crippen LogP contribution in [0.5, 0.6) is 0 Å². The van der Waals surface area contributed by atoms with E-state index in [-0.39, 0.29) is 12.6 Å². The number of benzene rings is 1. The predicted molar refractivity (Wildman–Crippen MR) is 66.7 cm³/mol. The minimum Gasteiger partial charge on any atom is -0.396 e. The molecule has 0 spiro atoms. The third-order valence-corrected chi connectivity index (χ3v) is 3.67. The molecule has 1 aliphatic rings. The van der Waals surface area contributed by atoms with Gasteiger partial charge in [-0.25, -0.2) is 17.6 Å². The van der Waals surface area contributed by atoms with E-state index >= 15 is 0 Å². The highest BCUT2D eigenvalue weighted by Gasteiger charge is 2.32. The molecule has 0 aromatic heterocycles. The lowest BCUT2D eigenvalue weighted by atomic mass is 10.1. The molecule has 1 N–H and O–H groups in total. The second-order valence-electron chi connectivity index (χ2n) is 5.01. The lowest BCUT2D eigenvalue weighted by Gasteiger charge is -2.25. The summed E-state index contributed by atoms with van der Waals surface area (Å²) >= 11 is 0. The van der Waals surface area contributed by atoms with Gasteiger partial charge in [-0.2, -0.15) is 0 Å². The zero-order chi connectivity index (χ0) is 15.6. The van der Waals surface area contributed by atoms with Gasteiger partial charge in [0, 0.05) is 19.2 Å². The third kappa shape index (κ3) is 3.02. The van der Waals surface area contributed by atoms with Crippen molar-refractivity contribution < 1.29 is 27.5 Å². The summed E-state index contributed by atoms with van der Waals surface area (Å²) in [6.07, 6.45) is 2.37. The molecule has 1 aromatic rings. The third-order valence-electron chi connectivity index (χ3n) is 3.67. The van der Waals surface area contributed by atoms with Crippen LogP contribution in [-0.2, 0) is 0 Å². The molecule has 0 aliphatic carbocycles. The molecule has 1 amide bonds. The van der Waals surface area contributed by atoms with Crippen LogP contribution in [0.2, 0.25) is 0 Å². The van der Waals surface area contributed by atoms with Crippen molar-refractivity contribution in [1.29, 1.82) is 0 Å². The molecule has 1 saturated heterocycles. The van der Waals surface area contributed by atoms with Crippen LogP contribution in [0, 0.1) is 23.3 Å². The van der Waals surface area contributed by atoms with Crippen LogP contribution in [0.15, 0.2) is 6.07 Å². The molecular formula is C14H15F4NO2. The zero-order valence-electron chi connectivity index (χ0n) is 11.2. The van der Waals surface area contributed by atoms with Gasteiger partial charge in [-0.1, -0.05) is 0 Å². The van der Waals surface area contributed by atoms with E-state index in [1.165, 1.54) is 4.90 Å². The Morgan fingerprint density at radius 1 is 1.24 bits per heavy atom. The van der Waals surface area contributed by atoms with Gasteiger partial charge in [0.25, 0.3) is 5.91 Å². The van der Waals surface area contributed by atoms with E-state index < -0.39 is 34.7 Å². The molecule has 1 atom stereocenters. The summed E-state index contributed by atoms with van der Waals surface area (Å²) in [5.41, 5.74) is -0.803. The van der Waals surface area contributed by atoms with Gasteiger partial charge in [0.15, 0.2) is 23.3 Å². The standard InChI is InChI=1S/C14H15F4NO2/c15-10-7-9(11(16)13(18)12(10)17)14(21)19-5-1-3-8(19)4-2-6-20/h7-8,20H,1-6H2. The molecule has 0 saturated carbocycles. The maximum atomic E-state index is 13.7. The van der Waals surface area contributed by atoms with Gasteiger partial charge in [0.05, 0.1) is 5.56 Å². The minimum atomic E-state index is -1.98. The van der Waals surface area contributed by atoms with Gasteiger partial charge < -0.3 is 10.0 Å². The summed E-state index contributed by atoms with van der Waals surface area (Å²) in [4.78, 5) is 13.5. The van der Waals surface area contributed by atoms with Crippen LogP contribution >= 0.6 is 0 Å². The Labute approximate surface area is 119 Å². The van der Waals surface area contributed by atoms with Crippen LogP contribution in [0.1, 0.15) is 36.0 Å². The number of likely N-dealkylation sites (tertiary alicyclic amines) is 1. The highest BCUT2D eigenvalue weighted by molar-refractivity contribution is 5.95. The number of carbonyl (C=O) groups is 1. The summed E-state index contributed by atoms with van der Waals surface area (Å²) in [5, 5.41) is 8.81. The summed E-state index contributed by atoms with van der Waals surface area (Å²) in [6, 6.07) is 0.178. The van der Waals surface area contributed by atoms with Gasteiger partial charge in [-0.3, -0.25) is 4.79 Å². The Morgan fingerprint density at radius 2 is 1.95 bits per heavy atom. The van der Waals surface area contributed by atoms with Crippen molar-refractivity contribution >= 4 is 5.91 Å². The Hall–Kier alpha value is -1.63. The maximum absolute atomic E-state index is 13.7. The van der Waals surface area contributed by atoms with E-state index in [0.29, 0.717) is 38.3 Å². The molecule has 3 nitrogen and oxygen atoms in total. The minimum absolute atomic E-state index is 0.0350. The number of rotatable bonds is 4. The van der Waals surface area contributed by atoms with E-state index in [4.69, 9.17) is 5.11 Å². The maximum Gasteiger partial charge on any atom is 0.257 e. The van der Waals surface area contributed by atoms with E-state index in [1.807, 2.05) is 0 Å². The Morgan fingerprint density at radius 3 is 2.62 bits per heavy atom. The first kappa shape index (κ1) is 15.8. The highest BCUT2D eigenvalue weighted by Crippen LogP contribution is 2.26. The average molecular weight is 305 g/mol. The quantitative estimate of drug-likeness (QED) is 0.528. The molecule has 1 fully saturated rings. The van der Waals surface area contributed by atoms with Crippen molar-refractivity contribution in [3.05, 3.63) is 34.9 Å². The molecule has 2 rings (SSSR count). The summed E-state index contributed by atoms with van der Waals surface area (Å²) in [5.74, 6) is -8.03. The van der Waals surface area contributed by atoms with Crippen molar-refractivity contribution in [1.82, 2.24) is 4.90 Å². The number of amides is 1. The second kappa shape index (κ2) is 6.43. The highest BCUT2D eigenvalue weighted by atomic mass is 19.2. The lowest BCUT2D eigenvalue weighted by molar-refractivity contribution is 0.0717. The molecule has 21 heavy (non-hydrogen) atoms. The van der Waals surface area contributed by atoms with Crippen molar-refractivity contribution in [2.75, 3.05) is 13.2 Å². The van der Waals surface area contributed by atoms with Crippen LogP contribution in [0.4, 0.5) is 17.6 Å². The van der Waals surface area contributed by atoms with Gasteiger partial charge in [-0.05, 0) is 31.7 Å². The number of nitrogens with zero attached hydrogens (tertiary/aromatic N) is 1. The van der Waals surface area contributed by atoms with Gasteiger partial charge in [0.1, 0.15) is 0 Å². The first-order valence-electron chi connectivity index (χ1n) is 6.72. The number of halogens is 4. The SMILES string of the molecule is O=C(c1cc(F)c(F)c(F)c1F)N1CCCC1CCCO. The normalized spacial score (nSPS) is 18.3. The first-order valence-corrected chi connectivity index (χ1v) is 6.72. The lowest BCUT2D eigenvalue weighted by Crippen LogP contribution is -2.36. The molecule has 1 aliphatic heterocycles. The van der Waals surface area contributed by atoms with Crippen LogP contribution < -0.4 is 0 Å². The molecule has 7 heteroatoms. The molecule has 116 valence electrons. The molecular weight excluding hydrogens is 290 g/mol. The van der Waals surface area contributed by atoms with Gasteiger partial charge in [0.2, 0.25) is 0 Å². The molecule has 1 aromatic carbocycles. The van der Waals surface area contributed by atoms with Crippen LogP contribution in [-0.4, -0.2) is 35.1 Å². The fraction of sp³-hybridized carbons (Fsp3) is 0.500. The predicted octanol–water partition coefficient (Wildman–Crippen LogP) is 2.62. The largest absolute Gasteiger partial charge is 0.396 e. The fourth-order valence-electron chi connectivity index (χ4n) is 2.61. The van der Waals surface area contributed by atoms with Gasteiger partial charge >= 0.3 is 0 Å². The van der Waals surface area contributed by atoms with E-state index in [2.05, 4.69) is 0 Å². The van der Waals surface area contributed by atoms with Crippen molar-refractivity contribution in [3.63, 3.8) is 0 Å². The first-order chi connectivity index (χ1) is 9.97. The van der Waals surface area contributed by atoms with Crippen LogP contribution in [0.3, 0.4) is 0 Å². The van der Waals surface area contributed by atoms with Crippen molar-refractivity contribution in [2.24, 2.45) is 0 Å². The van der Waals surface area contributed by atoms with E-state index in [9.17, 15) is 22.4 Å². The topological polar surface area (TPSA) is 40.5 Å². The van der Waals surface area contributed by atoms with E-state index in [0.717, 1.165) is 0 Å². The smallest absolute Gasteiger partial charge is 0.257 e. The summed E-state index contributed by atoms with van der Waals surface area (Å²) in [6.45, 7) is 0.307. The monoisotopic (exact) mass is 305 g/mol. The number of hydrogen-bond acceptors (Lipinski definition) is 2. The van der Waals surface area contributed by atoms with E-state index in [1.54, 1.807) is 0 Å². The molecule has 0 bridgehead atoms. The number of hydrogen-bond donors (Lipinski definition) is 1. The molecule has 1 heterocycles. The Bertz CT molecular complexity index is 550. The number of aliphatic hydroxyl groups excluding tert-OH is 1. The van der Waals surface area contributed by atoms with Crippen LogP contribution in [0.25, 0.3) is 0 Å².